The molecule has 180 valence electrons. The summed E-state index contributed by atoms with van der Waals surface area (Å²) in [5, 5.41) is 0. The van der Waals surface area contributed by atoms with Gasteiger partial charge in [0.2, 0.25) is 5.91 Å². The molecule has 6 nitrogen and oxygen atoms in total. The van der Waals surface area contributed by atoms with Crippen molar-refractivity contribution in [2.45, 2.75) is 25.7 Å². The number of piperazine rings is 1. The fourth-order valence-corrected chi connectivity index (χ4v) is 5.29. The van der Waals surface area contributed by atoms with E-state index in [9.17, 15) is 14.0 Å². The van der Waals surface area contributed by atoms with E-state index in [0.717, 1.165) is 53.8 Å². The number of hydrogen-bond acceptors (Lipinski definition) is 4. The Hall–Kier alpha value is -3.48. The van der Waals surface area contributed by atoms with Crippen LogP contribution in [0.3, 0.4) is 0 Å². The summed E-state index contributed by atoms with van der Waals surface area (Å²) in [5.41, 5.74) is 4.29. The summed E-state index contributed by atoms with van der Waals surface area (Å²) in [7, 11) is 1.96. The number of Topliss-reactive ketones (excluding diaryl/α,β-unsaturated/α-hetero) is 1. The molecular weight excluding hydrogens is 443 g/mol. The first kappa shape index (κ1) is 22.0. The van der Waals surface area contributed by atoms with Gasteiger partial charge in [-0.25, -0.2) is 4.39 Å². The van der Waals surface area contributed by atoms with Gasteiger partial charge >= 0.3 is 0 Å². The number of nitrogens with zero attached hydrogens (tertiary/aromatic N) is 4. The Labute approximate surface area is 204 Å². The lowest BCUT2D eigenvalue weighted by Gasteiger charge is -2.37. The molecule has 0 unspecified atom stereocenters. The molecule has 0 N–H and O–H groups in total. The summed E-state index contributed by atoms with van der Waals surface area (Å²) in [6.45, 7) is 2.75. The van der Waals surface area contributed by atoms with Crippen LogP contribution < -0.4 is 4.90 Å². The minimum atomic E-state index is -0.304. The van der Waals surface area contributed by atoms with Gasteiger partial charge in [0.15, 0.2) is 5.78 Å². The zero-order valence-corrected chi connectivity index (χ0v) is 19.9. The van der Waals surface area contributed by atoms with Gasteiger partial charge in [0.25, 0.3) is 0 Å². The Kier molecular flexibility index (Phi) is 5.43. The van der Waals surface area contributed by atoms with Crippen LogP contribution in [-0.2, 0) is 11.8 Å². The van der Waals surface area contributed by atoms with Crippen molar-refractivity contribution in [1.29, 1.82) is 0 Å². The molecule has 0 atom stereocenters. The topological polar surface area (TPSA) is 58.4 Å². The Balaban J connectivity index is 1.49. The number of carbonyl (C=O) groups excluding carboxylic acids is 2. The van der Waals surface area contributed by atoms with Gasteiger partial charge in [-0.3, -0.25) is 14.6 Å². The van der Waals surface area contributed by atoms with Gasteiger partial charge in [-0.15, -0.1) is 0 Å². The van der Waals surface area contributed by atoms with Gasteiger partial charge in [0.1, 0.15) is 11.6 Å². The lowest BCUT2D eigenvalue weighted by Crippen LogP contribution is -2.49. The first-order valence-corrected chi connectivity index (χ1v) is 12.5. The van der Waals surface area contributed by atoms with Crippen LogP contribution in [0.4, 0.5) is 10.2 Å². The van der Waals surface area contributed by atoms with Crippen molar-refractivity contribution in [3.8, 4) is 22.3 Å². The van der Waals surface area contributed by atoms with Gasteiger partial charge in [-0.1, -0.05) is 12.1 Å². The maximum Gasteiger partial charge on any atom is 0.225 e. The number of pyridine rings is 1. The molecule has 3 aromatic rings. The molecule has 1 amide bonds. The van der Waals surface area contributed by atoms with Crippen molar-refractivity contribution < 1.29 is 14.0 Å². The standard InChI is InChI=1S/C28H29FN4O2/c1-31-25(26(34)20-2-3-20)23(18-6-8-22(29)9-7-18)24(19-10-12-30-13-11-19)27(31)32-14-16-33(17-15-32)28(35)21-4-5-21/h6-13,20-21H,2-5,14-17H2,1H3. The molecule has 7 heteroatoms. The first-order chi connectivity index (χ1) is 17.0. The molecule has 1 aromatic carbocycles. The van der Waals surface area contributed by atoms with Crippen LogP contribution in [0.5, 0.6) is 0 Å². The van der Waals surface area contributed by atoms with E-state index >= 15 is 0 Å². The number of benzene rings is 1. The molecule has 35 heavy (non-hydrogen) atoms. The molecule has 1 saturated heterocycles. The summed E-state index contributed by atoms with van der Waals surface area (Å²) in [4.78, 5) is 34.7. The predicted octanol–water partition coefficient (Wildman–Crippen LogP) is 4.54. The summed E-state index contributed by atoms with van der Waals surface area (Å²) in [6, 6.07) is 10.3. The molecule has 0 bridgehead atoms. The number of aromatic nitrogens is 2. The third-order valence-electron chi connectivity index (χ3n) is 7.46. The van der Waals surface area contributed by atoms with E-state index in [1.165, 1.54) is 12.1 Å². The number of amides is 1. The monoisotopic (exact) mass is 472 g/mol. The lowest BCUT2D eigenvalue weighted by molar-refractivity contribution is -0.132. The van der Waals surface area contributed by atoms with E-state index in [2.05, 4.69) is 9.88 Å². The molecule has 3 fully saturated rings. The van der Waals surface area contributed by atoms with Gasteiger partial charge in [-0.2, -0.15) is 0 Å². The van der Waals surface area contributed by atoms with Gasteiger partial charge in [0, 0.05) is 68.6 Å². The number of anilines is 1. The third-order valence-corrected chi connectivity index (χ3v) is 7.46. The largest absolute Gasteiger partial charge is 0.354 e. The highest BCUT2D eigenvalue weighted by Gasteiger charge is 2.39. The van der Waals surface area contributed by atoms with Crippen LogP contribution in [-0.4, -0.2) is 52.3 Å². The third kappa shape index (κ3) is 4.03. The highest BCUT2D eigenvalue weighted by atomic mass is 19.1. The zero-order chi connectivity index (χ0) is 24.1. The van der Waals surface area contributed by atoms with Crippen molar-refractivity contribution in [1.82, 2.24) is 14.5 Å². The smallest absolute Gasteiger partial charge is 0.225 e. The number of ketones is 1. The minimum absolute atomic E-state index is 0.0500. The molecule has 2 aliphatic carbocycles. The van der Waals surface area contributed by atoms with Crippen LogP contribution in [0.15, 0.2) is 48.8 Å². The molecular formula is C28H29FN4O2. The molecule has 6 rings (SSSR count). The van der Waals surface area contributed by atoms with Crippen molar-refractivity contribution >= 4 is 17.5 Å². The highest BCUT2D eigenvalue weighted by molar-refractivity contribution is 6.10. The molecule has 0 spiro atoms. The van der Waals surface area contributed by atoms with Crippen LogP contribution in [0.1, 0.15) is 36.2 Å². The fourth-order valence-electron chi connectivity index (χ4n) is 5.29. The summed E-state index contributed by atoms with van der Waals surface area (Å²) >= 11 is 0. The van der Waals surface area contributed by atoms with E-state index in [1.807, 2.05) is 28.6 Å². The van der Waals surface area contributed by atoms with Crippen LogP contribution in [0, 0.1) is 17.7 Å². The molecule has 2 aromatic heterocycles. The van der Waals surface area contributed by atoms with Crippen LogP contribution in [0.25, 0.3) is 22.3 Å². The van der Waals surface area contributed by atoms with Crippen LogP contribution >= 0.6 is 0 Å². The van der Waals surface area contributed by atoms with Gasteiger partial charge < -0.3 is 14.4 Å². The normalized spacial score (nSPS) is 18.1. The van der Waals surface area contributed by atoms with Crippen molar-refractivity contribution in [3.63, 3.8) is 0 Å². The first-order valence-electron chi connectivity index (χ1n) is 12.5. The second-order valence-electron chi connectivity index (χ2n) is 9.95. The van der Waals surface area contributed by atoms with E-state index < -0.39 is 0 Å². The number of carbonyl (C=O) groups is 2. The second-order valence-corrected chi connectivity index (χ2v) is 9.95. The van der Waals surface area contributed by atoms with Gasteiger partial charge in [0.05, 0.1) is 5.69 Å². The zero-order valence-electron chi connectivity index (χ0n) is 19.9. The summed E-state index contributed by atoms with van der Waals surface area (Å²) in [5.74, 6) is 1.36. The maximum atomic E-state index is 13.8. The van der Waals surface area contributed by atoms with Crippen molar-refractivity contribution in [2.75, 3.05) is 31.1 Å². The Morgan fingerprint density at radius 3 is 2.03 bits per heavy atom. The maximum absolute atomic E-state index is 13.8. The molecule has 0 radical (unpaired) electrons. The quantitative estimate of drug-likeness (QED) is 0.494. The highest BCUT2D eigenvalue weighted by Crippen LogP contribution is 2.47. The van der Waals surface area contributed by atoms with Crippen molar-refractivity contribution in [3.05, 3.63) is 60.3 Å². The average Bonchev–Trinajstić information content (AvgIpc) is 3.81. The summed E-state index contributed by atoms with van der Waals surface area (Å²) < 4.78 is 15.9. The Morgan fingerprint density at radius 2 is 1.43 bits per heavy atom. The minimum Gasteiger partial charge on any atom is -0.354 e. The number of rotatable bonds is 6. The molecule has 2 saturated carbocycles. The molecule has 3 aliphatic rings. The predicted molar refractivity (Wildman–Crippen MR) is 133 cm³/mol. The number of halogens is 1. The van der Waals surface area contributed by atoms with Crippen molar-refractivity contribution in [2.24, 2.45) is 18.9 Å². The lowest BCUT2D eigenvalue weighted by atomic mass is 9.94. The van der Waals surface area contributed by atoms with Crippen LogP contribution in [0.2, 0.25) is 0 Å². The second kappa shape index (κ2) is 8.63. The van der Waals surface area contributed by atoms with Gasteiger partial charge in [-0.05, 0) is 61.1 Å². The SMILES string of the molecule is Cn1c(C(=O)C2CC2)c(-c2ccc(F)cc2)c(-c2ccncc2)c1N1CCN(C(=O)C2CC2)CC1. The molecule has 1 aliphatic heterocycles. The van der Waals surface area contributed by atoms with E-state index in [0.29, 0.717) is 31.9 Å². The Bertz CT molecular complexity index is 1270. The van der Waals surface area contributed by atoms with E-state index in [1.54, 1.807) is 24.5 Å². The number of hydrogen-bond donors (Lipinski definition) is 0. The molecule has 3 heterocycles. The van der Waals surface area contributed by atoms with E-state index in [4.69, 9.17) is 0 Å². The average molecular weight is 473 g/mol. The van der Waals surface area contributed by atoms with E-state index in [-0.39, 0.29) is 29.3 Å². The fraction of sp³-hybridized carbons (Fsp3) is 0.393. The Morgan fingerprint density at radius 1 is 0.829 bits per heavy atom. The summed E-state index contributed by atoms with van der Waals surface area (Å²) in [6.07, 6.45) is 7.36.